The van der Waals surface area contributed by atoms with Gasteiger partial charge in [0.2, 0.25) is 0 Å². The lowest BCUT2D eigenvalue weighted by molar-refractivity contribution is 0.476. The summed E-state index contributed by atoms with van der Waals surface area (Å²) in [5.74, 6) is 1.70. The summed E-state index contributed by atoms with van der Waals surface area (Å²) in [7, 11) is -0.571. The molecule has 1 aromatic carbocycles. The average molecular weight is 262 g/mol. The monoisotopic (exact) mass is 262 g/mol. The average Bonchev–Trinajstić information content (AvgIpc) is 2.87. The Balaban J connectivity index is 1.66. The van der Waals surface area contributed by atoms with Gasteiger partial charge in [0.05, 0.1) is 0 Å². The summed E-state index contributed by atoms with van der Waals surface area (Å²) < 4.78 is 11.3. The van der Waals surface area contributed by atoms with E-state index >= 15 is 0 Å². The highest BCUT2D eigenvalue weighted by Crippen LogP contribution is 2.17. The number of hydrogen-bond acceptors (Lipinski definition) is 2. The van der Waals surface area contributed by atoms with Gasteiger partial charge in [0.1, 0.15) is 0 Å². The zero-order valence-corrected chi connectivity index (χ0v) is 11.1. The van der Waals surface area contributed by atoms with Gasteiger partial charge in [0, 0.05) is 46.6 Å². The Morgan fingerprint density at radius 2 is 2.11 bits per heavy atom. The van der Waals surface area contributed by atoms with Gasteiger partial charge in [-0.3, -0.25) is 4.21 Å². The predicted molar refractivity (Wildman–Crippen MR) is 76.0 cm³/mol. The number of aromatic nitrogens is 1. The quantitative estimate of drug-likeness (QED) is 0.890. The Morgan fingerprint density at radius 1 is 1.28 bits per heavy atom. The highest BCUT2D eigenvalue weighted by atomic mass is 32.2. The molecule has 0 radical (unpaired) electrons. The first-order valence-corrected chi connectivity index (χ1v) is 7.95. The first-order chi connectivity index (χ1) is 8.83. The van der Waals surface area contributed by atoms with E-state index in [0.29, 0.717) is 6.04 Å². The molecule has 18 heavy (non-hydrogen) atoms. The molecular formula is C14H18N2OS. The maximum Gasteiger partial charge on any atom is 0.0499 e. The van der Waals surface area contributed by atoms with Gasteiger partial charge in [-0.2, -0.15) is 0 Å². The minimum Gasteiger partial charge on any atom is -0.361 e. The zero-order valence-electron chi connectivity index (χ0n) is 10.3. The van der Waals surface area contributed by atoms with Crippen LogP contribution in [0.3, 0.4) is 0 Å². The molecule has 0 aliphatic carbocycles. The highest BCUT2D eigenvalue weighted by molar-refractivity contribution is 7.85. The summed E-state index contributed by atoms with van der Waals surface area (Å²) >= 11 is 0. The predicted octanol–water partition coefficient (Wildman–Crippen LogP) is 2.17. The van der Waals surface area contributed by atoms with Crippen LogP contribution in [0, 0.1) is 0 Å². The van der Waals surface area contributed by atoms with Crippen LogP contribution >= 0.6 is 0 Å². The summed E-state index contributed by atoms with van der Waals surface area (Å²) in [6, 6.07) is 9.00. The Kier molecular flexibility index (Phi) is 3.48. The fourth-order valence-corrected chi connectivity index (χ4v) is 3.85. The van der Waals surface area contributed by atoms with Crippen LogP contribution in [-0.2, 0) is 17.3 Å². The van der Waals surface area contributed by atoms with Crippen LogP contribution in [0.4, 0.5) is 0 Å². The first kappa shape index (κ1) is 11.9. The van der Waals surface area contributed by atoms with E-state index in [1.54, 1.807) is 0 Å². The van der Waals surface area contributed by atoms with Crippen molar-refractivity contribution in [2.24, 2.45) is 0 Å². The molecule has 0 saturated carbocycles. The number of benzene rings is 1. The maximum absolute atomic E-state index is 11.3. The number of para-hydroxylation sites is 1. The van der Waals surface area contributed by atoms with Crippen LogP contribution in [0.5, 0.6) is 0 Å². The van der Waals surface area contributed by atoms with Gasteiger partial charge in [-0.05, 0) is 29.9 Å². The van der Waals surface area contributed by atoms with E-state index in [9.17, 15) is 4.21 Å². The molecule has 1 fully saturated rings. The molecule has 3 nitrogen and oxygen atoms in total. The Morgan fingerprint density at radius 3 is 2.94 bits per heavy atom. The van der Waals surface area contributed by atoms with E-state index < -0.39 is 10.8 Å². The highest BCUT2D eigenvalue weighted by Gasteiger charge is 2.17. The smallest absolute Gasteiger partial charge is 0.0499 e. The second-order valence-electron chi connectivity index (χ2n) is 4.86. The van der Waals surface area contributed by atoms with Crippen LogP contribution in [-0.4, -0.2) is 26.7 Å². The molecule has 1 aliphatic heterocycles. The molecule has 0 spiro atoms. The van der Waals surface area contributed by atoms with Gasteiger partial charge < -0.3 is 10.3 Å². The minimum absolute atomic E-state index is 0.521. The molecule has 0 atom stereocenters. The Hall–Kier alpha value is -1.13. The fourth-order valence-electron chi connectivity index (χ4n) is 2.55. The standard InChI is InChI=1S/C14H18N2OS/c17-18-8-5-13(6-9-18)16-10-12-3-1-2-11-4-7-15-14(11)12/h1-4,7,13,15-16H,5-6,8-10H2. The molecule has 0 amide bonds. The normalized spacial score (nSPS) is 24.4. The Labute approximate surface area is 109 Å². The van der Waals surface area contributed by atoms with Crippen molar-refractivity contribution in [1.29, 1.82) is 0 Å². The summed E-state index contributed by atoms with van der Waals surface area (Å²) in [5, 5.41) is 4.85. The topological polar surface area (TPSA) is 44.9 Å². The molecular weight excluding hydrogens is 244 g/mol. The van der Waals surface area contributed by atoms with E-state index in [4.69, 9.17) is 0 Å². The van der Waals surface area contributed by atoms with Crippen molar-refractivity contribution < 1.29 is 4.21 Å². The van der Waals surface area contributed by atoms with E-state index in [-0.39, 0.29) is 0 Å². The van der Waals surface area contributed by atoms with Crippen molar-refractivity contribution >= 4 is 21.7 Å². The van der Waals surface area contributed by atoms with Gasteiger partial charge in [-0.1, -0.05) is 18.2 Å². The molecule has 1 aromatic heterocycles. The van der Waals surface area contributed by atoms with Gasteiger partial charge in [-0.15, -0.1) is 0 Å². The largest absolute Gasteiger partial charge is 0.361 e. The molecule has 2 heterocycles. The Bertz CT molecular complexity index is 554. The fraction of sp³-hybridized carbons (Fsp3) is 0.429. The molecule has 0 unspecified atom stereocenters. The number of nitrogens with one attached hydrogen (secondary N) is 2. The third-order valence-corrected chi connectivity index (χ3v) is 5.02. The van der Waals surface area contributed by atoms with E-state index in [1.807, 2.05) is 6.20 Å². The second-order valence-corrected chi connectivity index (χ2v) is 6.56. The van der Waals surface area contributed by atoms with Crippen molar-refractivity contribution in [1.82, 2.24) is 10.3 Å². The summed E-state index contributed by atoms with van der Waals surface area (Å²) in [5.41, 5.74) is 2.54. The molecule has 1 aliphatic rings. The third kappa shape index (κ3) is 2.49. The number of rotatable bonds is 3. The molecule has 4 heteroatoms. The van der Waals surface area contributed by atoms with Gasteiger partial charge in [-0.25, -0.2) is 0 Å². The number of aromatic amines is 1. The number of hydrogen-bond donors (Lipinski definition) is 2. The van der Waals surface area contributed by atoms with Crippen LogP contribution in [0.1, 0.15) is 18.4 Å². The van der Waals surface area contributed by atoms with Crippen LogP contribution in [0.25, 0.3) is 10.9 Å². The lowest BCUT2D eigenvalue weighted by atomic mass is 10.1. The lowest BCUT2D eigenvalue weighted by Crippen LogP contribution is -2.35. The van der Waals surface area contributed by atoms with E-state index in [2.05, 4.69) is 34.6 Å². The minimum atomic E-state index is -0.571. The number of fused-ring (bicyclic) bond motifs is 1. The third-order valence-electron chi connectivity index (χ3n) is 3.64. The van der Waals surface area contributed by atoms with Crippen molar-refractivity contribution in [3.63, 3.8) is 0 Å². The number of H-pyrrole nitrogens is 1. The molecule has 96 valence electrons. The van der Waals surface area contributed by atoms with Gasteiger partial charge in [0.25, 0.3) is 0 Å². The first-order valence-electron chi connectivity index (χ1n) is 6.46. The zero-order chi connectivity index (χ0) is 12.4. The van der Waals surface area contributed by atoms with Crippen LogP contribution in [0.2, 0.25) is 0 Å². The summed E-state index contributed by atoms with van der Waals surface area (Å²) in [6.45, 7) is 0.884. The van der Waals surface area contributed by atoms with Crippen LogP contribution in [0.15, 0.2) is 30.5 Å². The van der Waals surface area contributed by atoms with Crippen LogP contribution < -0.4 is 5.32 Å². The van der Waals surface area contributed by atoms with Gasteiger partial charge >= 0.3 is 0 Å². The summed E-state index contributed by atoms with van der Waals surface area (Å²) in [6.07, 6.45) is 4.05. The maximum atomic E-state index is 11.3. The van der Waals surface area contributed by atoms with Crippen molar-refractivity contribution in [2.75, 3.05) is 11.5 Å². The molecule has 2 N–H and O–H groups in total. The molecule has 0 bridgehead atoms. The lowest BCUT2D eigenvalue weighted by Gasteiger charge is -2.22. The van der Waals surface area contributed by atoms with E-state index in [0.717, 1.165) is 30.9 Å². The molecule has 1 saturated heterocycles. The van der Waals surface area contributed by atoms with Crippen molar-refractivity contribution in [3.8, 4) is 0 Å². The van der Waals surface area contributed by atoms with Crippen molar-refractivity contribution in [3.05, 3.63) is 36.0 Å². The molecule has 3 rings (SSSR count). The second kappa shape index (κ2) is 5.24. The SMILES string of the molecule is O=S1CCC(NCc2cccc3cc[nH]c23)CC1. The summed E-state index contributed by atoms with van der Waals surface area (Å²) in [4.78, 5) is 3.29. The van der Waals surface area contributed by atoms with E-state index in [1.165, 1.54) is 16.5 Å². The molecule has 2 aromatic rings. The van der Waals surface area contributed by atoms with Gasteiger partial charge in [0.15, 0.2) is 0 Å². The van der Waals surface area contributed by atoms with Crippen molar-refractivity contribution in [2.45, 2.75) is 25.4 Å².